The molecule has 0 aliphatic rings. The Hall–Kier alpha value is -2.51. The topological polar surface area (TPSA) is 72.7 Å². The molecule has 0 atom stereocenters. The summed E-state index contributed by atoms with van der Waals surface area (Å²) < 4.78 is 14.9. The minimum Gasteiger partial charge on any atom is -0.289 e. The van der Waals surface area contributed by atoms with Crippen LogP contribution < -0.4 is 5.32 Å². The number of anilines is 1. The number of carbonyl (C=O) groups excluding carboxylic acids is 1. The molecule has 1 heterocycles. The highest BCUT2D eigenvalue weighted by atomic mass is 35.5. The number of hydrogen-bond donors (Lipinski definition) is 1. The molecule has 3 rings (SSSR count). The summed E-state index contributed by atoms with van der Waals surface area (Å²) in [6.07, 6.45) is 0. The first-order valence-corrected chi connectivity index (χ1v) is 7.11. The van der Waals surface area contributed by atoms with Crippen LogP contribution in [0.2, 0.25) is 10.0 Å². The van der Waals surface area contributed by atoms with Crippen LogP contribution >= 0.6 is 23.2 Å². The van der Waals surface area contributed by atoms with Crippen molar-refractivity contribution in [1.29, 1.82) is 0 Å². The van der Waals surface area contributed by atoms with E-state index >= 15 is 0 Å². The molecule has 0 radical (unpaired) electrons. The highest BCUT2D eigenvalue weighted by Gasteiger charge is 2.17. The van der Waals surface area contributed by atoms with Gasteiger partial charge in [0.1, 0.15) is 5.82 Å². The molecule has 1 amide bonds. The molecule has 0 fully saturated rings. The zero-order valence-electron chi connectivity index (χ0n) is 11.4. The summed E-state index contributed by atoms with van der Waals surface area (Å²) in [6.45, 7) is 0. The second-order valence-corrected chi connectivity index (χ2v) is 5.26. The number of aromatic nitrogens is 4. The average molecular weight is 352 g/mol. The second kappa shape index (κ2) is 6.31. The van der Waals surface area contributed by atoms with Gasteiger partial charge < -0.3 is 0 Å². The molecule has 0 bridgehead atoms. The monoisotopic (exact) mass is 351 g/mol. The quantitative estimate of drug-likeness (QED) is 0.734. The Morgan fingerprint density at radius 2 is 1.87 bits per heavy atom. The smallest absolute Gasteiger partial charge is 0.259 e. The van der Waals surface area contributed by atoms with Gasteiger partial charge in [-0.1, -0.05) is 46.5 Å². The Morgan fingerprint density at radius 1 is 1.13 bits per heavy atom. The fourth-order valence-corrected chi connectivity index (χ4v) is 2.34. The Labute approximate surface area is 139 Å². The van der Waals surface area contributed by atoms with Gasteiger partial charge in [0.05, 0.1) is 21.3 Å². The van der Waals surface area contributed by atoms with Gasteiger partial charge in [-0.25, -0.2) is 4.39 Å². The third kappa shape index (κ3) is 3.15. The van der Waals surface area contributed by atoms with E-state index in [4.69, 9.17) is 23.2 Å². The maximum absolute atomic E-state index is 13.5. The lowest BCUT2D eigenvalue weighted by Gasteiger charge is -2.08. The number of halogens is 3. The summed E-state index contributed by atoms with van der Waals surface area (Å²) in [6, 6.07) is 11.1. The fourth-order valence-electron chi connectivity index (χ4n) is 1.87. The van der Waals surface area contributed by atoms with Crippen molar-refractivity contribution < 1.29 is 9.18 Å². The first-order chi connectivity index (χ1) is 11.1. The molecule has 0 saturated heterocycles. The van der Waals surface area contributed by atoms with Crippen molar-refractivity contribution in [2.24, 2.45) is 0 Å². The van der Waals surface area contributed by atoms with Gasteiger partial charge in [-0.2, -0.15) is 4.68 Å². The van der Waals surface area contributed by atoms with Crippen LogP contribution in [0.4, 0.5) is 10.3 Å². The molecule has 3 aromatic rings. The Kier molecular flexibility index (Phi) is 4.22. The maximum atomic E-state index is 13.5. The lowest BCUT2D eigenvalue weighted by Crippen LogP contribution is -2.16. The molecule has 1 aromatic heterocycles. The van der Waals surface area contributed by atoms with Crippen LogP contribution in [-0.2, 0) is 0 Å². The number of rotatable bonds is 3. The molecular formula is C14H8Cl2FN5O. The number of carbonyl (C=O) groups is 1. The van der Waals surface area contributed by atoms with Gasteiger partial charge in [-0.3, -0.25) is 10.1 Å². The van der Waals surface area contributed by atoms with Gasteiger partial charge in [-0.05, 0) is 34.7 Å². The molecule has 6 nitrogen and oxygen atoms in total. The average Bonchev–Trinajstić information content (AvgIpc) is 2.99. The molecule has 9 heteroatoms. The van der Waals surface area contributed by atoms with Crippen LogP contribution in [0.3, 0.4) is 0 Å². The summed E-state index contributed by atoms with van der Waals surface area (Å²) in [4.78, 5) is 12.3. The minimum absolute atomic E-state index is 0.0210. The molecule has 23 heavy (non-hydrogen) atoms. The molecule has 116 valence electrons. The minimum atomic E-state index is -0.746. The molecule has 0 saturated carbocycles. The van der Waals surface area contributed by atoms with Gasteiger partial charge in [0.15, 0.2) is 0 Å². The van der Waals surface area contributed by atoms with E-state index in [2.05, 4.69) is 20.8 Å². The lowest BCUT2D eigenvalue weighted by molar-refractivity contribution is 0.102. The highest BCUT2D eigenvalue weighted by molar-refractivity contribution is 6.37. The molecule has 0 spiro atoms. The summed E-state index contributed by atoms with van der Waals surface area (Å²) in [7, 11) is 0. The normalized spacial score (nSPS) is 10.6. The van der Waals surface area contributed by atoms with E-state index < -0.39 is 11.7 Å². The molecule has 2 aromatic carbocycles. The highest BCUT2D eigenvalue weighted by Crippen LogP contribution is 2.25. The van der Waals surface area contributed by atoms with Crippen molar-refractivity contribution in [3.05, 3.63) is 63.9 Å². The number of nitrogens with one attached hydrogen (secondary N) is 1. The third-order valence-corrected chi connectivity index (χ3v) is 3.55. The lowest BCUT2D eigenvalue weighted by atomic mass is 10.2. The number of hydrogen-bond acceptors (Lipinski definition) is 4. The van der Waals surface area contributed by atoms with Crippen molar-refractivity contribution in [3.8, 4) is 5.69 Å². The van der Waals surface area contributed by atoms with E-state index in [0.29, 0.717) is 5.69 Å². The fraction of sp³-hybridized carbons (Fsp3) is 0. The van der Waals surface area contributed by atoms with Crippen LogP contribution in [0.5, 0.6) is 0 Å². The summed E-state index contributed by atoms with van der Waals surface area (Å²) >= 11 is 11.5. The Bertz CT molecular complexity index is 869. The molecule has 0 unspecified atom stereocenters. The number of benzene rings is 2. The van der Waals surface area contributed by atoms with E-state index in [1.807, 2.05) is 6.07 Å². The number of tetrazole rings is 1. The van der Waals surface area contributed by atoms with Gasteiger partial charge in [0.2, 0.25) is 0 Å². The van der Waals surface area contributed by atoms with Crippen LogP contribution in [0.1, 0.15) is 10.4 Å². The van der Waals surface area contributed by atoms with Crippen LogP contribution in [0, 0.1) is 5.82 Å². The van der Waals surface area contributed by atoms with E-state index in [0.717, 1.165) is 12.1 Å². The number of amides is 1. The van der Waals surface area contributed by atoms with Crippen LogP contribution in [0.15, 0.2) is 42.5 Å². The maximum Gasteiger partial charge on any atom is 0.259 e. The largest absolute Gasteiger partial charge is 0.289 e. The zero-order valence-corrected chi connectivity index (χ0v) is 12.9. The molecule has 1 N–H and O–H groups in total. The molecular weight excluding hydrogens is 344 g/mol. The number of nitrogens with zero attached hydrogens (tertiary/aromatic N) is 4. The van der Waals surface area contributed by atoms with Crippen molar-refractivity contribution >= 4 is 35.1 Å². The predicted molar refractivity (Wildman–Crippen MR) is 83.5 cm³/mol. The van der Waals surface area contributed by atoms with Gasteiger partial charge in [-0.15, -0.1) is 0 Å². The van der Waals surface area contributed by atoms with Crippen molar-refractivity contribution in [2.75, 3.05) is 5.32 Å². The van der Waals surface area contributed by atoms with Gasteiger partial charge in [0.25, 0.3) is 11.9 Å². The first kappa shape index (κ1) is 15.4. The standard InChI is InChI=1S/C14H8Cl2FN5O/c15-10-7-11(16)12(17)6-9(10)13(23)18-14-19-20-21-22(14)8-4-2-1-3-5-8/h1-7H,(H,18,19,21,23). The summed E-state index contributed by atoms with van der Waals surface area (Å²) in [5, 5.41) is 13.4. The summed E-state index contributed by atoms with van der Waals surface area (Å²) in [5.41, 5.74) is 0.581. The van der Waals surface area contributed by atoms with E-state index in [-0.39, 0.29) is 21.6 Å². The number of para-hydroxylation sites is 1. The first-order valence-electron chi connectivity index (χ1n) is 6.36. The zero-order chi connectivity index (χ0) is 16.4. The summed E-state index contributed by atoms with van der Waals surface area (Å²) in [5.74, 6) is -1.32. The van der Waals surface area contributed by atoms with E-state index in [9.17, 15) is 9.18 Å². The van der Waals surface area contributed by atoms with E-state index in [1.54, 1.807) is 24.3 Å². The van der Waals surface area contributed by atoms with Crippen molar-refractivity contribution in [1.82, 2.24) is 20.2 Å². The third-order valence-electron chi connectivity index (χ3n) is 2.95. The van der Waals surface area contributed by atoms with E-state index in [1.165, 1.54) is 4.68 Å². The SMILES string of the molecule is O=C(Nc1nnnn1-c1ccccc1)c1cc(F)c(Cl)cc1Cl. The van der Waals surface area contributed by atoms with Gasteiger partial charge in [0, 0.05) is 0 Å². The molecule has 0 aliphatic heterocycles. The Balaban J connectivity index is 1.91. The van der Waals surface area contributed by atoms with Crippen molar-refractivity contribution in [2.45, 2.75) is 0 Å². The van der Waals surface area contributed by atoms with Crippen LogP contribution in [0.25, 0.3) is 5.69 Å². The van der Waals surface area contributed by atoms with Crippen LogP contribution in [-0.4, -0.2) is 26.1 Å². The second-order valence-electron chi connectivity index (χ2n) is 4.45. The predicted octanol–water partition coefficient (Wildman–Crippen LogP) is 3.36. The Morgan fingerprint density at radius 3 is 2.61 bits per heavy atom. The van der Waals surface area contributed by atoms with Crippen molar-refractivity contribution in [3.63, 3.8) is 0 Å². The molecule has 0 aliphatic carbocycles. The van der Waals surface area contributed by atoms with Gasteiger partial charge >= 0.3 is 0 Å².